The van der Waals surface area contributed by atoms with E-state index in [9.17, 15) is 30.6 Å². The number of aromatic hydroxyl groups is 2. The molecule has 2 aromatic carbocycles. The molecule has 2 aromatic rings. The van der Waals surface area contributed by atoms with Gasteiger partial charge in [0.05, 0.1) is 6.61 Å². The fourth-order valence-electron chi connectivity index (χ4n) is 2.85. The second-order valence-electron chi connectivity index (χ2n) is 6.50. The highest BCUT2D eigenvalue weighted by molar-refractivity contribution is 5.71. The normalized spacial score (nSPS) is 27.8. The lowest BCUT2D eigenvalue weighted by atomic mass is 9.99. The van der Waals surface area contributed by atoms with Crippen LogP contribution in [0.2, 0.25) is 0 Å². The monoisotopic (exact) mass is 390 g/mol. The van der Waals surface area contributed by atoms with Crippen molar-refractivity contribution in [1.82, 2.24) is 0 Å². The van der Waals surface area contributed by atoms with Crippen LogP contribution < -0.4 is 4.74 Å². The second-order valence-corrected chi connectivity index (χ2v) is 6.50. The van der Waals surface area contributed by atoms with Crippen LogP contribution in [0.1, 0.15) is 11.1 Å². The summed E-state index contributed by atoms with van der Waals surface area (Å²) >= 11 is 0. The van der Waals surface area contributed by atoms with E-state index in [2.05, 4.69) is 0 Å². The molecule has 150 valence electrons. The van der Waals surface area contributed by atoms with Gasteiger partial charge in [-0.1, -0.05) is 24.3 Å². The summed E-state index contributed by atoms with van der Waals surface area (Å²) in [6, 6.07) is 10.9. The van der Waals surface area contributed by atoms with Gasteiger partial charge in [-0.15, -0.1) is 0 Å². The minimum absolute atomic E-state index is 0.0903. The van der Waals surface area contributed by atoms with Gasteiger partial charge < -0.3 is 40.1 Å². The maximum atomic E-state index is 10.1. The summed E-state index contributed by atoms with van der Waals surface area (Å²) in [6.45, 7) is -0.564. The van der Waals surface area contributed by atoms with E-state index in [1.807, 2.05) is 0 Å². The van der Waals surface area contributed by atoms with Gasteiger partial charge in [0.2, 0.25) is 6.29 Å². The molecule has 8 heteroatoms. The third kappa shape index (κ3) is 4.61. The number of phenolic OH excluding ortho intramolecular Hbond substituents is 2. The van der Waals surface area contributed by atoms with E-state index in [4.69, 9.17) is 9.47 Å². The summed E-state index contributed by atoms with van der Waals surface area (Å²) in [5.74, 6) is 0.229. The molecule has 28 heavy (non-hydrogen) atoms. The van der Waals surface area contributed by atoms with Crippen LogP contribution in [0, 0.1) is 0 Å². The topological polar surface area (TPSA) is 140 Å². The molecule has 0 unspecified atom stereocenters. The first-order valence-corrected chi connectivity index (χ1v) is 8.65. The lowest BCUT2D eigenvalue weighted by Gasteiger charge is -2.39. The highest BCUT2D eigenvalue weighted by Gasteiger charge is 2.44. The van der Waals surface area contributed by atoms with Gasteiger partial charge >= 0.3 is 0 Å². The fourth-order valence-corrected chi connectivity index (χ4v) is 2.85. The Bertz CT molecular complexity index is 817. The van der Waals surface area contributed by atoms with E-state index in [0.717, 1.165) is 5.56 Å². The number of aliphatic hydroxyl groups excluding tert-OH is 4. The minimum atomic E-state index is -1.55. The van der Waals surface area contributed by atoms with E-state index in [-0.39, 0.29) is 17.2 Å². The molecule has 1 aliphatic rings. The molecule has 0 radical (unpaired) electrons. The van der Waals surface area contributed by atoms with Crippen LogP contribution in [0.15, 0.2) is 42.5 Å². The molecule has 8 nitrogen and oxygen atoms in total. The predicted octanol–water partition coefficient (Wildman–Crippen LogP) is 0.447. The zero-order valence-corrected chi connectivity index (χ0v) is 14.8. The number of hydrogen-bond acceptors (Lipinski definition) is 8. The molecule has 1 saturated heterocycles. The Morgan fingerprint density at radius 2 is 1.50 bits per heavy atom. The molecule has 0 saturated carbocycles. The molecule has 0 aromatic heterocycles. The van der Waals surface area contributed by atoms with Crippen LogP contribution in [-0.4, -0.2) is 68.0 Å². The molecule has 1 heterocycles. The Morgan fingerprint density at radius 3 is 2.18 bits per heavy atom. The van der Waals surface area contributed by atoms with Gasteiger partial charge in [-0.3, -0.25) is 0 Å². The molecule has 6 N–H and O–H groups in total. The van der Waals surface area contributed by atoms with Crippen molar-refractivity contribution in [3.8, 4) is 17.2 Å². The SMILES string of the molecule is OC[C@@H]1O[C@@H](Oc2cc(O)cc(/C=C/c3ccc(O)cc3)c2)[C@@H](O)[C@@H](O)[C@@H]1O. The van der Waals surface area contributed by atoms with Crippen molar-refractivity contribution < 1.29 is 40.1 Å². The summed E-state index contributed by atoms with van der Waals surface area (Å²) in [5.41, 5.74) is 1.42. The summed E-state index contributed by atoms with van der Waals surface area (Å²) in [5, 5.41) is 58.2. The van der Waals surface area contributed by atoms with Gasteiger partial charge in [0.1, 0.15) is 41.7 Å². The Labute approximate surface area is 161 Å². The van der Waals surface area contributed by atoms with Gasteiger partial charge in [-0.2, -0.15) is 0 Å². The number of benzene rings is 2. The molecule has 0 spiro atoms. The lowest BCUT2D eigenvalue weighted by Crippen LogP contribution is -2.60. The standard InChI is InChI=1S/C20H22O8/c21-10-16-17(24)18(25)19(26)20(28-16)27-15-8-12(7-14(23)9-15)2-1-11-3-5-13(22)6-4-11/h1-9,16-26H,10H2/b2-1+/t16-,17+,18-,19-,20+/m0/s1. The van der Waals surface area contributed by atoms with Crippen LogP contribution in [0.3, 0.4) is 0 Å². The molecule has 0 bridgehead atoms. The van der Waals surface area contributed by atoms with Crippen LogP contribution in [-0.2, 0) is 4.74 Å². The Hall–Kier alpha value is -2.62. The van der Waals surface area contributed by atoms with E-state index in [1.54, 1.807) is 42.5 Å². The Balaban J connectivity index is 1.76. The van der Waals surface area contributed by atoms with Crippen LogP contribution in [0.5, 0.6) is 17.2 Å². The number of aliphatic hydroxyl groups is 4. The highest BCUT2D eigenvalue weighted by Crippen LogP contribution is 2.28. The van der Waals surface area contributed by atoms with Crippen molar-refractivity contribution in [3.05, 3.63) is 53.6 Å². The summed E-state index contributed by atoms with van der Waals surface area (Å²) in [7, 11) is 0. The van der Waals surface area contributed by atoms with Crippen LogP contribution in [0.25, 0.3) is 12.2 Å². The van der Waals surface area contributed by atoms with Crippen molar-refractivity contribution >= 4 is 12.2 Å². The summed E-state index contributed by atoms with van der Waals surface area (Å²) in [6.07, 6.45) is -3.52. The van der Waals surface area contributed by atoms with Gasteiger partial charge in [-0.05, 0) is 35.4 Å². The number of rotatable bonds is 5. The van der Waals surface area contributed by atoms with E-state index in [1.165, 1.54) is 12.1 Å². The third-order valence-corrected chi connectivity index (χ3v) is 4.38. The van der Waals surface area contributed by atoms with Gasteiger partial charge in [0.25, 0.3) is 0 Å². The number of ether oxygens (including phenoxy) is 2. The summed E-state index contributed by atoms with van der Waals surface area (Å²) < 4.78 is 10.8. The average Bonchev–Trinajstić information content (AvgIpc) is 2.67. The van der Waals surface area contributed by atoms with Crippen molar-refractivity contribution in [3.63, 3.8) is 0 Å². The predicted molar refractivity (Wildman–Crippen MR) is 99.5 cm³/mol. The Morgan fingerprint density at radius 1 is 0.821 bits per heavy atom. The van der Waals surface area contributed by atoms with Crippen molar-refractivity contribution in [2.45, 2.75) is 30.7 Å². The highest BCUT2D eigenvalue weighted by atomic mass is 16.7. The maximum absolute atomic E-state index is 10.1. The zero-order valence-electron chi connectivity index (χ0n) is 14.8. The van der Waals surface area contributed by atoms with Gasteiger partial charge in [-0.25, -0.2) is 0 Å². The van der Waals surface area contributed by atoms with Crippen LogP contribution >= 0.6 is 0 Å². The fraction of sp³-hybridized carbons (Fsp3) is 0.300. The zero-order chi connectivity index (χ0) is 20.3. The Kier molecular flexibility index (Phi) is 6.18. The summed E-state index contributed by atoms with van der Waals surface area (Å²) in [4.78, 5) is 0. The first-order valence-electron chi connectivity index (χ1n) is 8.65. The number of phenols is 2. The van der Waals surface area contributed by atoms with Gasteiger partial charge in [0.15, 0.2) is 0 Å². The smallest absolute Gasteiger partial charge is 0.229 e. The third-order valence-electron chi connectivity index (χ3n) is 4.38. The molecule has 3 rings (SSSR count). The molecule has 1 fully saturated rings. The molecule has 0 aliphatic carbocycles. The second kappa shape index (κ2) is 8.59. The van der Waals surface area contributed by atoms with E-state index < -0.39 is 37.3 Å². The molecule has 5 atom stereocenters. The largest absolute Gasteiger partial charge is 0.508 e. The average molecular weight is 390 g/mol. The quantitative estimate of drug-likeness (QED) is 0.405. The minimum Gasteiger partial charge on any atom is -0.508 e. The first-order chi connectivity index (χ1) is 13.4. The van der Waals surface area contributed by atoms with Crippen molar-refractivity contribution in [1.29, 1.82) is 0 Å². The molecular formula is C20H22O8. The van der Waals surface area contributed by atoms with E-state index in [0.29, 0.717) is 5.56 Å². The molecular weight excluding hydrogens is 368 g/mol. The lowest BCUT2D eigenvalue weighted by molar-refractivity contribution is -0.277. The molecule has 1 aliphatic heterocycles. The maximum Gasteiger partial charge on any atom is 0.229 e. The van der Waals surface area contributed by atoms with Crippen molar-refractivity contribution in [2.75, 3.05) is 6.61 Å². The van der Waals surface area contributed by atoms with Crippen molar-refractivity contribution in [2.24, 2.45) is 0 Å². The number of hydrogen-bond donors (Lipinski definition) is 6. The first kappa shape index (κ1) is 20.1. The van der Waals surface area contributed by atoms with Gasteiger partial charge in [0, 0.05) is 6.07 Å². The van der Waals surface area contributed by atoms with E-state index >= 15 is 0 Å². The molecule has 0 amide bonds. The van der Waals surface area contributed by atoms with Crippen LogP contribution in [0.4, 0.5) is 0 Å².